The number of nitrogens with one attached hydrogen (secondary N) is 1. The van der Waals surface area contributed by atoms with E-state index in [9.17, 15) is 9.90 Å². The number of rotatable bonds is 3. The molecule has 0 amide bonds. The molecule has 0 saturated carbocycles. The fraction of sp³-hybridized carbons (Fsp3) is 0.200. The number of nitrogens with zero attached hydrogens (tertiary/aromatic N) is 1. The first-order chi connectivity index (χ1) is 7.61. The van der Waals surface area contributed by atoms with Gasteiger partial charge in [-0.3, -0.25) is 0 Å². The maximum Gasteiger partial charge on any atom is 0.339 e. The second kappa shape index (κ2) is 3.73. The maximum absolute atomic E-state index is 10.8. The van der Waals surface area contributed by atoms with Crippen LogP contribution in [0.4, 0.5) is 6.01 Å². The fourth-order valence-electron chi connectivity index (χ4n) is 1.36. The Hall–Kier alpha value is -2.24. The minimum atomic E-state index is -1.20. The van der Waals surface area contributed by atoms with Gasteiger partial charge in [-0.05, 0) is 13.0 Å². The number of aromatic nitrogens is 1. The Kier molecular flexibility index (Phi) is 2.40. The van der Waals surface area contributed by atoms with Crippen molar-refractivity contribution in [3.63, 3.8) is 0 Å². The zero-order chi connectivity index (χ0) is 11.7. The van der Waals surface area contributed by atoms with Gasteiger partial charge >= 0.3 is 5.97 Å². The number of phenols is 1. The minimum absolute atomic E-state index is 0.191. The Morgan fingerprint density at radius 1 is 1.56 bits per heavy atom. The first-order valence-electron chi connectivity index (χ1n) is 4.72. The highest BCUT2D eigenvalue weighted by molar-refractivity contribution is 5.95. The van der Waals surface area contributed by atoms with Crippen molar-refractivity contribution in [1.29, 1.82) is 0 Å². The van der Waals surface area contributed by atoms with Crippen molar-refractivity contribution in [2.45, 2.75) is 6.92 Å². The molecule has 0 unspecified atom stereocenters. The summed E-state index contributed by atoms with van der Waals surface area (Å²) in [5.74, 6) is -1.54. The van der Waals surface area contributed by atoms with E-state index in [1.165, 1.54) is 12.1 Å². The zero-order valence-electron chi connectivity index (χ0n) is 8.52. The first-order valence-corrected chi connectivity index (χ1v) is 4.72. The van der Waals surface area contributed by atoms with Crippen LogP contribution in [-0.2, 0) is 0 Å². The molecule has 0 spiro atoms. The van der Waals surface area contributed by atoms with Crippen LogP contribution in [0.5, 0.6) is 5.75 Å². The number of hydrogen-bond acceptors (Lipinski definition) is 5. The van der Waals surface area contributed by atoms with Gasteiger partial charge in [0.25, 0.3) is 6.01 Å². The second-order valence-electron chi connectivity index (χ2n) is 3.19. The molecule has 3 N–H and O–H groups in total. The van der Waals surface area contributed by atoms with Crippen molar-refractivity contribution in [1.82, 2.24) is 4.98 Å². The van der Waals surface area contributed by atoms with Gasteiger partial charge in [0.15, 0.2) is 5.58 Å². The van der Waals surface area contributed by atoms with Crippen LogP contribution < -0.4 is 5.32 Å². The van der Waals surface area contributed by atoms with E-state index in [-0.39, 0.29) is 11.3 Å². The summed E-state index contributed by atoms with van der Waals surface area (Å²) in [7, 11) is 0. The largest absolute Gasteiger partial charge is 0.507 e. The highest BCUT2D eigenvalue weighted by atomic mass is 16.4. The monoisotopic (exact) mass is 222 g/mol. The summed E-state index contributed by atoms with van der Waals surface area (Å²) >= 11 is 0. The number of aromatic hydroxyl groups is 1. The third-order valence-corrected chi connectivity index (χ3v) is 2.06. The van der Waals surface area contributed by atoms with E-state index in [2.05, 4.69) is 10.3 Å². The number of hydrogen-bond donors (Lipinski definition) is 3. The molecule has 0 atom stereocenters. The van der Waals surface area contributed by atoms with Gasteiger partial charge in [-0.25, -0.2) is 4.79 Å². The lowest BCUT2D eigenvalue weighted by atomic mass is 10.2. The Bertz CT molecular complexity index is 547. The van der Waals surface area contributed by atoms with E-state index >= 15 is 0 Å². The molecule has 0 bridgehead atoms. The molecular weight excluding hydrogens is 212 g/mol. The number of anilines is 1. The van der Waals surface area contributed by atoms with Crippen LogP contribution in [0.1, 0.15) is 17.3 Å². The van der Waals surface area contributed by atoms with Crippen molar-refractivity contribution < 1.29 is 19.4 Å². The van der Waals surface area contributed by atoms with Gasteiger partial charge < -0.3 is 19.9 Å². The Morgan fingerprint density at radius 2 is 2.31 bits per heavy atom. The molecule has 0 aliphatic heterocycles. The van der Waals surface area contributed by atoms with Crippen molar-refractivity contribution in [2.75, 3.05) is 11.9 Å². The maximum atomic E-state index is 10.8. The summed E-state index contributed by atoms with van der Waals surface area (Å²) in [5.41, 5.74) is 0.549. The molecule has 2 rings (SSSR count). The van der Waals surface area contributed by atoms with E-state index in [4.69, 9.17) is 9.52 Å². The summed E-state index contributed by atoms with van der Waals surface area (Å²) in [4.78, 5) is 14.8. The van der Waals surface area contributed by atoms with Crippen LogP contribution in [-0.4, -0.2) is 27.7 Å². The topological polar surface area (TPSA) is 95.6 Å². The molecule has 0 fully saturated rings. The SMILES string of the molecule is CCNc1nc2cc(C(=O)O)c(O)cc2o1. The first kappa shape index (κ1) is 10.3. The van der Waals surface area contributed by atoms with Gasteiger partial charge in [0, 0.05) is 12.6 Å². The fourth-order valence-corrected chi connectivity index (χ4v) is 1.36. The van der Waals surface area contributed by atoms with E-state index in [1.54, 1.807) is 0 Å². The Morgan fingerprint density at radius 3 is 2.94 bits per heavy atom. The molecule has 0 radical (unpaired) electrons. The molecule has 0 saturated heterocycles. The zero-order valence-corrected chi connectivity index (χ0v) is 8.52. The summed E-state index contributed by atoms with van der Waals surface area (Å²) in [6, 6.07) is 2.82. The number of carbonyl (C=O) groups is 1. The summed E-state index contributed by atoms with van der Waals surface area (Å²) in [6.45, 7) is 2.53. The van der Waals surface area contributed by atoms with Crippen LogP contribution in [0.2, 0.25) is 0 Å². The van der Waals surface area contributed by atoms with Gasteiger partial charge in [-0.2, -0.15) is 4.98 Å². The van der Waals surface area contributed by atoms with Gasteiger partial charge in [0.2, 0.25) is 0 Å². The molecule has 1 heterocycles. The van der Waals surface area contributed by atoms with Crippen LogP contribution in [0.25, 0.3) is 11.1 Å². The molecule has 2 aromatic rings. The van der Waals surface area contributed by atoms with Gasteiger partial charge in [-0.1, -0.05) is 0 Å². The van der Waals surface area contributed by atoms with Crippen molar-refractivity contribution >= 4 is 23.1 Å². The molecule has 1 aromatic carbocycles. The molecular formula is C10H10N2O4. The van der Waals surface area contributed by atoms with Crippen molar-refractivity contribution in [3.8, 4) is 5.75 Å². The van der Waals surface area contributed by atoms with Gasteiger partial charge in [0.05, 0.1) is 0 Å². The number of fused-ring (bicyclic) bond motifs is 1. The second-order valence-corrected chi connectivity index (χ2v) is 3.19. The summed E-state index contributed by atoms with van der Waals surface area (Å²) < 4.78 is 5.25. The number of benzene rings is 1. The number of carboxylic acids is 1. The predicted molar refractivity (Wildman–Crippen MR) is 56.8 cm³/mol. The quantitative estimate of drug-likeness (QED) is 0.730. The number of oxazole rings is 1. The molecule has 16 heavy (non-hydrogen) atoms. The molecule has 1 aromatic heterocycles. The smallest absolute Gasteiger partial charge is 0.339 e. The number of carboxylic acid groups (broad SMARTS) is 1. The standard InChI is InChI=1S/C10H10N2O4/c1-2-11-10-12-6-3-5(9(14)15)7(13)4-8(6)16-10/h3-4,13H,2H2,1H3,(H,11,12)(H,14,15). The van der Waals surface area contributed by atoms with E-state index in [0.717, 1.165) is 0 Å². The molecule has 0 aliphatic carbocycles. The van der Waals surface area contributed by atoms with Crippen molar-refractivity contribution in [2.24, 2.45) is 0 Å². The average Bonchev–Trinajstić information content (AvgIpc) is 2.58. The Balaban J connectivity index is 2.56. The van der Waals surface area contributed by atoms with Crippen LogP contribution >= 0.6 is 0 Å². The summed E-state index contributed by atoms with van der Waals surface area (Å²) in [5, 5.41) is 21.1. The van der Waals surface area contributed by atoms with Crippen LogP contribution in [0.15, 0.2) is 16.5 Å². The minimum Gasteiger partial charge on any atom is -0.507 e. The Labute approximate surface area is 90.5 Å². The predicted octanol–water partition coefficient (Wildman–Crippen LogP) is 1.66. The van der Waals surface area contributed by atoms with E-state index in [0.29, 0.717) is 23.7 Å². The van der Waals surface area contributed by atoms with Crippen LogP contribution in [0.3, 0.4) is 0 Å². The molecule has 6 heteroatoms. The lowest BCUT2D eigenvalue weighted by molar-refractivity contribution is 0.0694. The van der Waals surface area contributed by atoms with Crippen LogP contribution in [0, 0.1) is 0 Å². The molecule has 6 nitrogen and oxygen atoms in total. The normalized spacial score (nSPS) is 10.6. The third-order valence-electron chi connectivity index (χ3n) is 2.06. The lowest BCUT2D eigenvalue weighted by Gasteiger charge is -1.96. The summed E-state index contributed by atoms with van der Waals surface area (Å²) in [6.07, 6.45) is 0. The average molecular weight is 222 g/mol. The lowest BCUT2D eigenvalue weighted by Crippen LogP contribution is -1.96. The van der Waals surface area contributed by atoms with E-state index in [1.807, 2.05) is 6.92 Å². The highest BCUT2D eigenvalue weighted by Crippen LogP contribution is 2.26. The highest BCUT2D eigenvalue weighted by Gasteiger charge is 2.14. The third kappa shape index (κ3) is 1.65. The van der Waals surface area contributed by atoms with Gasteiger partial charge in [-0.15, -0.1) is 0 Å². The molecule has 0 aliphatic rings. The van der Waals surface area contributed by atoms with E-state index < -0.39 is 5.97 Å². The number of aromatic carboxylic acids is 1. The molecule has 84 valence electrons. The van der Waals surface area contributed by atoms with Gasteiger partial charge in [0.1, 0.15) is 16.8 Å². The van der Waals surface area contributed by atoms with Crippen molar-refractivity contribution in [3.05, 3.63) is 17.7 Å².